The first kappa shape index (κ1) is 16.0. The van der Waals surface area contributed by atoms with E-state index in [1.807, 2.05) is 31.2 Å². The van der Waals surface area contributed by atoms with Gasteiger partial charge in [-0.15, -0.1) is 10.2 Å². The van der Waals surface area contributed by atoms with E-state index in [9.17, 15) is 0 Å². The van der Waals surface area contributed by atoms with Crippen LogP contribution < -0.4 is 0 Å². The quantitative estimate of drug-likeness (QED) is 0.506. The lowest BCUT2D eigenvalue weighted by atomic mass is 10.1. The maximum absolute atomic E-state index is 6.19. The van der Waals surface area contributed by atoms with E-state index < -0.39 is 0 Å². The van der Waals surface area contributed by atoms with Gasteiger partial charge in [-0.3, -0.25) is 0 Å². The third-order valence-corrected chi connectivity index (χ3v) is 4.22. The minimum absolute atomic E-state index is 0.293. The summed E-state index contributed by atoms with van der Waals surface area (Å²) in [7, 11) is 0. The number of aromatic nitrogens is 4. The predicted molar refractivity (Wildman–Crippen MR) is 91.5 cm³/mol. The van der Waals surface area contributed by atoms with Crippen LogP contribution in [-0.4, -0.2) is 25.4 Å². The topological polar surface area (TPSA) is 64.7 Å². The summed E-state index contributed by atoms with van der Waals surface area (Å²) in [6.45, 7) is 6.14. The summed E-state index contributed by atoms with van der Waals surface area (Å²) >= 11 is 7.74. The zero-order chi connectivity index (χ0) is 16.4. The number of benzene rings is 1. The third-order valence-electron chi connectivity index (χ3n) is 3.07. The summed E-state index contributed by atoms with van der Waals surface area (Å²) in [5.74, 6) is 0.743. The van der Waals surface area contributed by atoms with E-state index in [0.29, 0.717) is 32.9 Å². The molecule has 0 saturated heterocycles. The Balaban J connectivity index is 1.99. The summed E-state index contributed by atoms with van der Waals surface area (Å²) in [4.78, 5) is 8.65. The van der Waals surface area contributed by atoms with E-state index in [4.69, 9.17) is 16.0 Å². The van der Waals surface area contributed by atoms with E-state index in [1.54, 1.807) is 18.0 Å². The van der Waals surface area contributed by atoms with Gasteiger partial charge in [0.05, 0.1) is 11.2 Å². The monoisotopic (exact) mass is 346 g/mol. The molecule has 0 spiro atoms. The van der Waals surface area contributed by atoms with Crippen molar-refractivity contribution in [2.45, 2.75) is 31.2 Å². The summed E-state index contributed by atoms with van der Waals surface area (Å²) in [6.07, 6.45) is 1.56. The molecular formula is C16H15ClN4OS. The van der Waals surface area contributed by atoms with Gasteiger partial charge in [-0.05, 0) is 18.6 Å². The first-order chi connectivity index (χ1) is 11.0. The van der Waals surface area contributed by atoms with Gasteiger partial charge in [0.15, 0.2) is 10.9 Å². The average Bonchev–Trinajstić information content (AvgIpc) is 2.98. The Hall–Kier alpha value is -1.92. The molecule has 5 nitrogen and oxygen atoms in total. The van der Waals surface area contributed by atoms with Crippen molar-refractivity contribution in [2.24, 2.45) is 0 Å². The van der Waals surface area contributed by atoms with Crippen LogP contribution in [0.15, 0.2) is 40.0 Å². The fraction of sp³-hybridized carbons (Fsp3) is 0.250. The fourth-order valence-corrected chi connectivity index (χ4v) is 2.86. The second-order valence-electron chi connectivity index (χ2n) is 5.24. The Labute approximate surface area is 143 Å². The molecule has 0 aliphatic rings. The van der Waals surface area contributed by atoms with Crippen LogP contribution in [0.25, 0.3) is 23.0 Å². The van der Waals surface area contributed by atoms with Crippen molar-refractivity contribution in [3.05, 3.63) is 41.0 Å². The SMILES string of the molecule is Cc1ccccc1-c1nnc(-c2nc(SC(C)C)ncc2Cl)o1. The molecule has 0 radical (unpaired) electrons. The maximum atomic E-state index is 6.19. The number of hydrogen-bond donors (Lipinski definition) is 0. The smallest absolute Gasteiger partial charge is 0.268 e. The van der Waals surface area contributed by atoms with E-state index in [0.717, 1.165) is 11.1 Å². The van der Waals surface area contributed by atoms with Gasteiger partial charge in [-0.25, -0.2) is 9.97 Å². The summed E-state index contributed by atoms with van der Waals surface area (Å²) in [6, 6.07) is 7.83. The van der Waals surface area contributed by atoms with Gasteiger partial charge in [0, 0.05) is 10.8 Å². The van der Waals surface area contributed by atoms with Crippen LogP contribution in [0.3, 0.4) is 0 Å². The Kier molecular flexibility index (Phi) is 4.63. The van der Waals surface area contributed by atoms with Gasteiger partial charge in [0.2, 0.25) is 5.89 Å². The highest BCUT2D eigenvalue weighted by Crippen LogP contribution is 2.30. The van der Waals surface area contributed by atoms with Gasteiger partial charge in [-0.2, -0.15) is 0 Å². The van der Waals surface area contributed by atoms with Crippen LogP contribution in [0.2, 0.25) is 5.02 Å². The van der Waals surface area contributed by atoms with Gasteiger partial charge in [0.25, 0.3) is 5.89 Å². The van der Waals surface area contributed by atoms with Gasteiger partial charge in [-0.1, -0.05) is 55.4 Å². The number of hydrogen-bond acceptors (Lipinski definition) is 6. The Morgan fingerprint density at radius 2 is 1.87 bits per heavy atom. The van der Waals surface area contributed by atoms with Crippen molar-refractivity contribution < 1.29 is 4.42 Å². The fourth-order valence-electron chi connectivity index (χ4n) is 2.01. The molecule has 0 aliphatic heterocycles. The lowest BCUT2D eigenvalue weighted by Gasteiger charge is -2.04. The van der Waals surface area contributed by atoms with E-state index in [1.165, 1.54) is 0 Å². The molecule has 23 heavy (non-hydrogen) atoms. The molecule has 3 aromatic rings. The molecule has 1 aromatic carbocycles. The van der Waals surface area contributed by atoms with Crippen molar-refractivity contribution in [1.29, 1.82) is 0 Å². The summed E-state index contributed by atoms with van der Waals surface area (Å²) in [5.41, 5.74) is 2.41. The molecule has 0 unspecified atom stereocenters. The molecule has 0 fully saturated rings. The third kappa shape index (κ3) is 3.54. The van der Waals surface area contributed by atoms with Crippen LogP contribution in [0.1, 0.15) is 19.4 Å². The molecule has 0 bridgehead atoms. The number of thioether (sulfide) groups is 1. The predicted octanol–water partition coefficient (Wildman–Crippen LogP) is 4.66. The molecule has 2 aromatic heterocycles. The maximum Gasteiger partial charge on any atom is 0.268 e. The lowest BCUT2D eigenvalue weighted by Crippen LogP contribution is -1.95. The zero-order valence-electron chi connectivity index (χ0n) is 12.9. The Morgan fingerprint density at radius 1 is 1.13 bits per heavy atom. The minimum atomic E-state index is 0.293. The zero-order valence-corrected chi connectivity index (χ0v) is 14.5. The molecule has 0 N–H and O–H groups in total. The molecule has 0 atom stereocenters. The van der Waals surface area contributed by atoms with Crippen LogP contribution >= 0.6 is 23.4 Å². The van der Waals surface area contributed by atoms with Crippen molar-refractivity contribution >= 4 is 23.4 Å². The van der Waals surface area contributed by atoms with Crippen LogP contribution in [-0.2, 0) is 0 Å². The first-order valence-corrected chi connectivity index (χ1v) is 8.39. The number of aryl methyl sites for hydroxylation is 1. The summed E-state index contributed by atoms with van der Waals surface area (Å²) in [5, 5.41) is 9.59. The molecule has 0 amide bonds. The van der Waals surface area contributed by atoms with E-state index in [2.05, 4.69) is 34.0 Å². The average molecular weight is 347 g/mol. The molecule has 0 saturated carbocycles. The van der Waals surface area contributed by atoms with Gasteiger partial charge >= 0.3 is 0 Å². The highest BCUT2D eigenvalue weighted by atomic mass is 35.5. The highest BCUT2D eigenvalue weighted by Gasteiger charge is 2.17. The number of halogens is 1. The van der Waals surface area contributed by atoms with E-state index in [-0.39, 0.29) is 0 Å². The van der Waals surface area contributed by atoms with Crippen LogP contribution in [0.5, 0.6) is 0 Å². The molecular weight excluding hydrogens is 332 g/mol. The second kappa shape index (κ2) is 6.68. The van der Waals surface area contributed by atoms with Gasteiger partial charge < -0.3 is 4.42 Å². The van der Waals surface area contributed by atoms with Crippen molar-refractivity contribution in [3.8, 4) is 23.0 Å². The van der Waals surface area contributed by atoms with Gasteiger partial charge in [0.1, 0.15) is 0 Å². The molecule has 2 heterocycles. The van der Waals surface area contributed by atoms with Crippen molar-refractivity contribution in [1.82, 2.24) is 20.2 Å². The standard InChI is InChI=1S/C16H15ClN4OS/c1-9(2)23-16-18-8-12(17)13(19-16)15-21-20-14(22-15)11-7-5-4-6-10(11)3/h4-9H,1-3H3. The molecule has 3 rings (SSSR count). The van der Waals surface area contributed by atoms with Crippen molar-refractivity contribution in [2.75, 3.05) is 0 Å². The first-order valence-electron chi connectivity index (χ1n) is 7.13. The number of nitrogens with zero attached hydrogens (tertiary/aromatic N) is 4. The van der Waals surface area contributed by atoms with E-state index >= 15 is 0 Å². The molecule has 118 valence electrons. The van der Waals surface area contributed by atoms with Crippen molar-refractivity contribution in [3.63, 3.8) is 0 Å². The largest absolute Gasteiger partial charge is 0.415 e. The molecule has 0 aliphatic carbocycles. The Bertz CT molecular complexity index is 834. The van der Waals surface area contributed by atoms with Crippen LogP contribution in [0.4, 0.5) is 0 Å². The Morgan fingerprint density at radius 3 is 2.61 bits per heavy atom. The highest BCUT2D eigenvalue weighted by molar-refractivity contribution is 7.99. The minimum Gasteiger partial charge on any atom is -0.415 e. The summed E-state index contributed by atoms with van der Waals surface area (Å²) < 4.78 is 5.77. The second-order valence-corrected chi connectivity index (χ2v) is 7.19. The molecule has 7 heteroatoms. The number of rotatable bonds is 4. The lowest BCUT2D eigenvalue weighted by molar-refractivity contribution is 0.580. The normalized spacial score (nSPS) is 11.2. The van der Waals surface area contributed by atoms with Crippen LogP contribution in [0, 0.1) is 6.92 Å².